The van der Waals surface area contributed by atoms with Gasteiger partial charge in [0.05, 0.1) is 10.6 Å². The number of ether oxygens (including phenoxy) is 1. The number of hydrogen-bond acceptors (Lipinski definition) is 4. The standard InChI is InChI=1S/C21H27ClN2O4S/c1-4-28-13-5-12-23-21(25)15-24(18-9-8-17(3)20(22)14-18)29(26,27)19-10-6-16(2)7-11-19/h6-11,14H,4-5,12-13,15H2,1-3H3,(H,23,25). The predicted molar refractivity (Wildman–Crippen MR) is 116 cm³/mol. The summed E-state index contributed by atoms with van der Waals surface area (Å²) < 4.78 is 32.9. The molecule has 0 radical (unpaired) electrons. The molecule has 0 heterocycles. The van der Waals surface area contributed by atoms with Gasteiger partial charge in [-0.25, -0.2) is 8.42 Å². The third-order valence-corrected chi connectivity index (χ3v) is 6.53. The second-order valence-corrected chi connectivity index (χ2v) is 8.93. The fourth-order valence-electron chi connectivity index (χ4n) is 2.62. The first-order valence-electron chi connectivity index (χ1n) is 9.45. The van der Waals surface area contributed by atoms with Gasteiger partial charge in [-0.3, -0.25) is 9.10 Å². The molecule has 0 aliphatic heterocycles. The smallest absolute Gasteiger partial charge is 0.264 e. The molecule has 0 fully saturated rings. The zero-order chi connectivity index (χ0) is 21.4. The van der Waals surface area contributed by atoms with E-state index in [1.54, 1.807) is 30.3 Å². The Kier molecular flexibility index (Phi) is 8.49. The minimum Gasteiger partial charge on any atom is -0.382 e. The van der Waals surface area contributed by atoms with Crippen LogP contribution in [0.5, 0.6) is 0 Å². The Morgan fingerprint density at radius 1 is 1.14 bits per heavy atom. The molecule has 29 heavy (non-hydrogen) atoms. The Balaban J connectivity index is 2.27. The lowest BCUT2D eigenvalue weighted by atomic mass is 10.2. The van der Waals surface area contributed by atoms with Crippen molar-refractivity contribution in [3.05, 3.63) is 58.6 Å². The van der Waals surface area contributed by atoms with E-state index < -0.39 is 15.9 Å². The highest BCUT2D eigenvalue weighted by Crippen LogP contribution is 2.28. The number of carbonyl (C=O) groups is 1. The van der Waals surface area contributed by atoms with Crippen molar-refractivity contribution in [1.29, 1.82) is 0 Å². The minimum absolute atomic E-state index is 0.115. The van der Waals surface area contributed by atoms with E-state index >= 15 is 0 Å². The summed E-state index contributed by atoms with van der Waals surface area (Å²) in [5.74, 6) is -0.395. The Labute approximate surface area is 177 Å². The molecule has 8 heteroatoms. The van der Waals surface area contributed by atoms with E-state index in [0.717, 1.165) is 15.4 Å². The summed E-state index contributed by atoms with van der Waals surface area (Å²) in [7, 11) is -3.95. The average molecular weight is 439 g/mol. The first-order valence-corrected chi connectivity index (χ1v) is 11.3. The molecule has 6 nitrogen and oxygen atoms in total. The van der Waals surface area contributed by atoms with Gasteiger partial charge in [0.2, 0.25) is 5.91 Å². The molecular formula is C21H27ClN2O4S. The van der Waals surface area contributed by atoms with Crippen LogP contribution in [-0.4, -0.2) is 40.6 Å². The SMILES string of the molecule is CCOCCCNC(=O)CN(c1ccc(C)c(Cl)c1)S(=O)(=O)c1ccc(C)cc1. The molecule has 0 saturated carbocycles. The van der Waals surface area contributed by atoms with Gasteiger partial charge in [0.15, 0.2) is 0 Å². The van der Waals surface area contributed by atoms with E-state index in [2.05, 4.69) is 5.32 Å². The third kappa shape index (κ3) is 6.45. The van der Waals surface area contributed by atoms with Crippen molar-refractivity contribution in [2.45, 2.75) is 32.1 Å². The highest BCUT2D eigenvalue weighted by atomic mass is 35.5. The lowest BCUT2D eigenvalue weighted by Crippen LogP contribution is -2.41. The van der Waals surface area contributed by atoms with E-state index in [1.165, 1.54) is 12.1 Å². The number of amides is 1. The quantitative estimate of drug-likeness (QED) is 0.574. The summed E-state index contributed by atoms with van der Waals surface area (Å²) in [6.45, 7) is 6.83. The number of rotatable bonds is 10. The van der Waals surface area contributed by atoms with Gasteiger partial charge in [0.1, 0.15) is 6.54 Å². The van der Waals surface area contributed by atoms with Crippen LogP contribution < -0.4 is 9.62 Å². The Bertz CT molecular complexity index is 930. The van der Waals surface area contributed by atoms with Crippen LogP contribution in [0.3, 0.4) is 0 Å². The molecule has 0 aromatic heterocycles. The second-order valence-electron chi connectivity index (χ2n) is 6.66. The highest BCUT2D eigenvalue weighted by molar-refractivity contribution is 7.92. The molecule has 1 amide bonds. The van der Waals surface area contributed by atoms with E-state index in [9.17, 15) is 13.2 Å². The van der Waals surface area contributed by atoms with Crippen LogP contribution in [-0.2, 0) is 19.6 Å². The fraction of sp³-hybridized carbons (Fsp3) is 0.381. The first kappa shape index (κ1) is 23.2. The van der Waals surface area contributed by atoms with Crippen molar-refractivity contribution < 1.29 is 17.9 Å². The lowest BCUT2D eigenvalue weighted by Gasteiger charge is -2.24. The maximum Gasteiger partial charge on any atom is 0.264 e. The van der Waals surface area contributed by atoms with Gasteiger partial charge in [-0.05, 0) is 57.0 Å². The van der Waals surface area contributed by atoms with Gasteiger partial charge in [-0.15, -0.1) is 0 Å². The molecule has 0 saturated heterocycles. The number of halogens is 1. The van der Waals surface area contributed by atoms with Crippen molar-refractivity contribution in [3.63, 3.8) is 0 Å². The minimum atomic E-state index is -3.95. The van der Waals surface area contributed by atoms with Gasteiger partial charge < -0.3 is 10.1 Å². The summed E-state index contributed by atoms with van der Waals surface area (Å²) in [6, 6.07) is 11.5. The van der Waals surface area contributed by atoms with Gasteiger partial charge in [-0.1, -0.05) is 35.4 Å². The van der Waals surface area contributed by atoms with E-state index in [-0.39, 0.29) is 11.4 Å². The zero-order valence-electron chi connectivity index (χ0n) is 16.9. The van der Waals surface area contributed by atoms with E-state index in [0.29, 0.717) is 36.9 Å². The molecular weight excluding hydrogens is 412 g/mol. The molecule has 0 atom stereocenters. The fourth-order valence-corrected chi connectivity index (χ4v) is 4.21. The molecule has 0 unspecified atom stereocenters. The average Bonchev–Trinajstić information content (AvgIpc) is 2.68. The van der Waals surface area contributed by atoms with Gasteiger partial charge in [-0.2, -0.15) is 0 Å². The number of benzene rings is 2. The van der Waals surface area contributed by atoms with Crippen molar-refractivity contribution >= 4 is 33.2 Å². The maximum atomic E-state index is 13.3. The summed E-state index contributed by atoms with van der Waals surface area (Å²) in [4.78, 5) is 12.6. The molecule has 2 aromatic carbocycles. The number of nitrogens with one attached hydrogen (secondary N) is 1. The lowest BCUT2D eigenvalue weighted by molar-refractivity contribution is -0.119. The van der Waals surface area contributed by atoms with Crippen LogP contribution in [0.1, 0.15) is 24.5 Å². The third-order valence-electron chi connectivity index (χ3n) is 4.33. The molecule has 0 aliphatic rings. The predicted octanol–water partition coefficient (Wildman–Crippen LogP) is 3.69. The molecule has 1 N–H and O–H groups in total. The largest absolute Gasteiger partial charge is 0.382 e. The van der Waals surface area contributed by atoms with Gasteiger partial charge in [0.25, 0.3) is 10.0 Å². The summed E-state index contributed by atoms with van der Waals surface area (Å²) in [5, 5.41) is 3.18. The molecule has 0 spiro atoms. The van der Waals surface area contributed by atoms with Crippen LogP contribution in [0, 0.1) is 13.8 Å². The number of sulfonamides is 1. The number of aryl methyl sites for hydroxylation is 2. The Morgan fingerprint density at radius 2 is 1.83 bits per heavy atom. The zero-order valence-corrected chi connectivity index (χ0v) is 18.5. The number of nitrogens with zero attached hydrogens (tertiary/aromatic N) is 1. The van der Waals surface area contributed by atoms with E-state index in [4.69, 9.17) is 16.3 Å². The van der Waals surface area contributed by atoms with Gasteiger partial charge in [0, 0.05) is 24.8 Å². The summed E-state index contributed by atoms with van der Waals surface area (Å²) in [6.07, 6.45) is 0.653. The van der Waals surface area contributed by atoms with Crippen LogP contribution in [0.2, 0.25) is 5.02 Å². The van der Waals surface area contributed by atoms with Crippen molar-refractivity contribution in [3.8, 4) is 0 Å². The molecule has 158 valence electrons. The monoisotopic (exact) mass is 438 g/mol. The van der Waals surface area contributed by atoms with Crippen LogP contribution in [0.15, 0.2) is 47.4 Å². The topological polar surface area (TPSA) is 75.7 Å². The second kappa shape index (κ2) is 10.6. The van der Waals surface area contributed by atoms with E-state index in [1.807, 2.05) is 20.8 Å². The van der Waals surface area contributed by atoms with Crippen LogP contribution in [0.4, 0.5) is 5.69 Å². The molecule has 2 aromatic rings. The molecule has 2 rings (SSSR count). The number of carbonyl (C=O) groups excluding carboxylic acids is 1. The number of hydrogen-bond donors (Lipinski definition) is 1. The summed E-state index contributed by atoms with van der Waals surface area (Å²) in [5.41, 5.74) is 2.11. The van der Waals surface area contributed by atoms with Gasteiger partial charge >= 0.3 is 0 Å². The van der Waals surface area contributed by atoms with Crippen molar-refractivity contribution in [2.75, 3.05) is 30.6 Å². The molecule has 0 bridgehead atoms. The summed E-state index contributed by atoms with van der Waals surface area (Å²) >= 11 is 6.21. The van der Waals surface area contributed by atoms with Crippen molar-refractivity contribution in [2.24, 2.45) is 0 Å². The molecule has 0 aliphatic carbocycles. The first-order chi connectivity index (χ1) is 13.8. The Morgan fingerprint density at radius 3 is 2.45 bits per heavy atom. The van der Waals surface area contributed by atoms with Crippen LogP contribution >= 0.6 is 11.6 Å². The number of anilines is 1. The highest BCUT2D eigenvalue weighted by Gasteiger charge is 2.27. The normalized spacial score (nSPS) is 11.3. The maximum absolute atomic E-state index is 13.3. The Hall–Kier alpha value is -2.09. The van der Waals surface area contributed by atoms with Crippen molar-refractivity contribution in [1.82, 2.24) is 5.32 Å². The van der Waals surface area contributed by atoms with Crippen LogP contribution in [0.25, 0.3) is 0 Å².